The normalized spacial score (nSPS) is 25.5. The maximum absolute atomic E-state index is 11.5. The summed E-state index contributed by atoms with van der Waals surface area (Å²) in [5.74, 6) is -1.46. The summed E-state index contributed by atoms with van der Waals surface area (Å²) < 4.78 is 12.4. The fourth-order valence-electron chi connectivity index (χ4n) is 2.89. The molecule has 0 amide bonds. The molecule has 3 heterocycles. The number of esters is 1. The van der Waals surface area contributed by atoms with Crippen LogP contribution in [0.5, 0.6) is 0 Å². The smallest absolute Gasteiger partial charge is 0.311 e. The number of aromatic nitrogens is 4. The van der Waals surface area contributed by atoms with Crippen LogP contribution in [0.4, 0.5) is 5.82 Å². The van der Waals surface area contributed by atoms with Crippen LogP contribution in [0.2, 0.25) is 0 Å². The number of anilines is 1. The quantitative estimate of drug-likeness (QED) is 0.378. The summed E-state index contributed by atoms with van der Waals surface area (Å²) in [6.07, 6.45) is -3.28. The number of rotatable bonds is 5. The Hall–Kier alpha value is -2.44. The average molecular weight is 383 g/mol. The van der Waals surface area contributed by atoms with Gasteiger partial charge >= 0.3 is 11.9 Å². The number of fused-ring (bicyclic) bond motifs is 1. The maximum Gasteiger partial charge on any atom is 0.311 e. The number of ether oxygens (including phenoxy) is 2. The van der Waals surface area contributed by atoms with E-state index in [-0.39, 0.29) is 28.6 Å². The number of carbonyl (C=O) groups is 2. The fraction of sp³-hybridized carbons (Fsp3) is 0.500. The molecular formula is C14H17N5O6S. The zero-order valence-electron chi connectivity index (χ0n) is 13.6. The molecule has 0 radical (unpaired) electrons. The number of nitrogens with two attached hydrogens (primary N) is 1. The monoisotopic (exact) mass is 383 g/mol. The summed E-state index contributed by atoms with van der Waals surface area (Å²) in [6, 6.07) is 0. The second kappa shape index (κ2) is 7.05. The van der Waals surface area contributed by atoms with Gasteiger partial charge in [-0.2, -0.15) is 12.6 Å². The molecule has 26 heavy (non-hydrogen) atoms. The molecule has 4 atom stereocenters. The van der Waals surface area contributed by atoms with Crippen LogP contribution in [0.3, 0.4) is 0 Å². The molecule has 2 aromatic heterocycles. The Labute approximate surface area is 152 Å². The van der Waals surface area contributed by atoms with E-state index in [0.717, 1.165) is 0 Å². The number of carbonyl (C=O) groups excluding carboxylic acids is 1. The third kappa shape index (κ3) is 3.18. The lowest BCUT2D eigenvalue weighted by Gasteiger charge is -2.22. The van der Waals surface area contributed by atoms with E-state index in [1.54, 1.807) is 0 Å². The molecule has 1 aliphatic heterocycles. The number of aliphatic hydroxyl groups excluding tert-OH is 1. The lowest BCUT2D eigenvalue weighted by Crippen LogP contribution is -2.36. The van der Waals surface area contributed by atoms with Crippen LogP contribution in [0.1, 0.15) is 19.0 Å². The largest absolute Gasteiger partial charge is 0.481 e. The first-order chi connectivity index (χ1) is 12.3. The van der Waals surface area contributed by atoms with Gasteiger partial charge in [-0.1, -0.05) is 0 Å². The van der Waals surface area contributed by atoms with Gasteiger partial charge in [0.15, 0.2) is 29.3 Å². The summed E-state index contributed by atoms with van der Waals surface area (Å²) in [6.45, 7) is 1.20. The third-order valence-electron chi connectivity index (χ3n) is 3.94. The first-order valence-electron chi connectivity index (χ1n) is 7.64. The first-order valence-corrected chi connectivity index (χ1v) is 8.27. The molecule has 1 saturated heterocycles. The predicted octanol–water partition coefficient (Wildman–Crippen LogP) is -0.845. The fourth-order valence-corrected chi connectivity index (χ4v) is 3.20. The SMILES string of the molecule is CC(=O)O[C@@H]1[C@H](O)[C@@H](CS)O[C@H]1n1c(CC(=O)O)nc2c(N)ncnc21. The van der Waals surface area contributed by atoms with Crippen molar-refractivity contribution in [1.82, 2.24) is 19.5 Å². The molecule has 11 nitrogen and oxygen atoms in total. The van der Waals surface area contributed by atoms with Crippen molar-refractivity contribution in [3.63, 3.8) is 0 Å². The summed E-state index contributed by atoms with van der Waals surface area (Å²) in [5.41, 5.74) is 6.21. The van der Waals surface area contributed by atoms with Gasteiger partial charge in [0.1, 0.15) is 24.7 Å². The van der Waals surface area contributed by atoms with Crippen molar-refractivity contribution in [2.75, 3.05) is 11.5 Å². The second-order valence-corrected chi connectivity index (χ2v) is 6.08. The molecule has 4 N–H and O–H groups in total. The number of aliphatic hydroxyl groups is 1. The van der Waals surface area contributed by atoms with E-state index in [2.05, 4.69) is 27.6 Å². The topological polar surface area (TPSA) is 163 Å². The number of carboxylic acids is 1. The minimum Gasteiger partial charge on any atom is -0.481 e. The highest BCUT2D eigenvalue weighted by Gasteiger charge is 2.47. The molecule has 12 heteroatoms. The molecule has 0 unspecified atom stereocenters. The average Bonchev–Trinajstić information content (AvgIpc) is 3.06. The minimum atomic E-state index is -1.16. The number of hydrogen-bond acceptors (Lipinski definition) is 10. The molecular weight excluding hydrogens is 366 g/mol. The van der Waals surface area contributed by atoms with Crippen molar-refractivity contribution >= 4 is 41.5 Å². The van der Waals surface area contributed by atoms with Gasteiger partial charge in [0, 0.05) is 12.7 Å². The summed E-state index contributed by atoms with van der Waals surface area (Å²) in [4.78, 5) is 34.8. The number of hydrogen-bond donors (Lipinski definition) is 4. The van der Waals surface area contributed by atoms with Crippen LogP contribution in [0.25, 0.3) is 11.2 Å². The molecule has 0 aromatic carbocycles. The van der Waals surface area contributed by atoms with Crippen LogP contribution < -0.4 is 5.73 Å². The van der Waals surface area contributed by atoms with Crippen molar-refractivity contribution in [3.05, 3.63) is 12.2 Å². The van der Waals surface area contributed by atoms with E-state index in [1.807, 2.05) is 0 Å². The van der Waals surface area contributed by atoms with Gasteiger partial charge in [-0.25, -0.2) is 15.0 Å². The number of nitrogens with zero attached hydrogens (tertiary/aromatic N) is 4. The molecule has 3 rings (SSSR count). The van der Waals surface area contributed by atoms with Crippen molar-refractivity contribution in [2.24, 2.45) is 0 Å². The van der Waals surface area contributed by atoms with E-state index >= 15 is 0 Å². The van der Waals surface area contributed by atoms with Crippen LogP contribution in [0, 0.1) is 0 Å². The highest BCUT2D eigenvalue weighted by molar-refractivity contribution is 7.80. The predicted molar refractivity (Wildman–Crippen MR) is 90.4 cm³/mol. The molecule has 0 aliphatic carbocycles. The van der Waals surface area contributed by atoms with Crippen LogP contribution >= 0.6 is 12.6 Å². The minimum absolute atomic E-state index is 0.0636. The first kappa shape index (κ1) is 18.4. The highest BCUT2D eigenvalue weighted by atomic mass is 32.1. The molecule has 1 fully saturated rings. The third-order valence-corrected chi connectivity index (χ3v) is 4.30. The van der Waals surface area contributed by atoms with Crippen molar-refractivity contribution in [1.29, 1.82) is 0 Å². The van der Waals surface area contributed by atoms with Gasteiger partial charge in [0.25, 0.3) is 0 Å². The molecule has 0 spiro atoms. The number of carboxylic acid groups (broad SMARTS) is 1. The highest BCUT2D eigenvalue weighted by Crippen LogP contribution is 2.36. The van der Waals surface area contributed by atoms with E-state index in [1.165, 1.54) is 17.8 Å². The van der Waals surface area contributed by atoms with Crippen LogP contribution in [-0.4, -0.2) is 65.7 Å². The van der Waals surface area contributed by atoms with Crippen molar-refractivity contribution in [3.8, 4) is 0 Å². The van der Waals surface area contributed by atoms with Crippen LogP contribution in [0.15, 0.2) is 6.33 Å². The lowest BCUT2D eigenvalue weighted by atomic mass is 10.1. The van der Waals surface area contributed by atoms with E-state index < -0.39 is 42.9 Å². The van der Waals surface area contributed by atoms with Gasteiger partial charge in [0.05, 0.1) is 6.10 Å². The zero-order chi connectivity index (χ0) is 19.0. The van der Waals surface area contributed by atoms with Crippen LogP contribution in [-0.2, 0) is 25.5 Å². The van der Waals surface area contributed by atoms with Gasteiger partial charge in [-0.3, -0.25) is 14.2 Å². The summed E-state index contributed by atoms with van der Waals surface area (Å²) >= 11 is 4.13. The number of aliphatic carboxylic acids is 1. The Morgan fingerprint density at radius 3 is 2.81 bits per heavy atom. The lowest BCUT2D eigenvalue weighted by molar-refractivity contribution is -0.156. The number of thiol groups is 1. The van der Waals surface area contributed by atoms with Gasteiger partial charge < -0.3 is 25.4 Å². The van der Waals surface area contributed by atoms with Gasteiger partial charge in [-0.05, 0) is 0 Å². The van der Waals surface area contributed by atoms with Gasteiger partial charge in [0.2, 0.25) is 0 Å². The zero-order valence-corrected chi connectivity index (χ0v) is 14.5. The molecule has 140 valence electrons. The summed E-state index contributed by atoms with van der Waals surface area (Å²) in [7, 11) is 0. The van der Waals surface area contributed by atoms with Crippen molar-refractivity contribution in [2.45, 2.75) is 37.9 Å². The van der Waals surface area contributed by atoms with Crippen molar-refractivity contribution < 1.29 is 29.3 Å². The van der Waals surface area contributed by atoms with Gasteiger partial charge in [-0.15, -0.1) is 0 Å². The Kier molecular flexibility index (Phi) is 4.98. The maximum atomic E-state index is 11.5. The van der Waals surface area contributed by atoms with E-state index in [9.17, 15) is 19.8 Å². The standard InChI is InChI=1S/C14H17N5O6S/c1-5(20)24-11-10(23)6(3-26)25-14(11)19-7(2-8(21)22)18-9-12(15)16-4-17-13(9)19/h4,6,10-11,14,23,26H,2-3H2,1H3,(H,21,22)(H2,15,16,17)/t6-,10-,11-,14-/m1/s1. The number of nitrogen functional groups attached to an aromatic ring is 1. The second-order valence-electron chi connectivity index (χ2n) is 5.71. The Morgan fingerprint density at radius 1 is 1.46 bits per heavy atom. The van der Waals surface area contributed by atoms with E-state index in [4.69, 9.17) is 15.2 Å². The summed E-state index contributed by atoms with van der Waals surface area (Å²) in [5, 5.41) is 19.6. The Bertz CT molecular complexity index is 858. The molecule has 0 saturated carbocycles. The Balaban J connectivity index is 2.16. The molecule has 2 aromatic rings. The Morgan fingerprint density at radius 2 is 2.19 bits per heavy atom. The molecule has 0 bridgehead atoms. The molecule has 1 aliphatic rings. The van der Waals surface area contributed by atoms with E-state index in [0.29, 0.717) is 0 Å². The number of imidazole rings is 1.